The molecule has 0 aliphatic heterocycles. The average Bonchev–Trinajstić information content (AvgIpc) is 3.12. The lowest BCUT2D eigenvalue weighted by molar-refractivity contribution is 0.555. The van der Waals surface area contributed by atoms with Crippen LogP contribution in [-0.2, 0) is 25.3 Å². The molecule has 0 unspecified atom stereocenters. The summed E-state index contributed by atoms with van der Waals surface area (Å²) in [4.78, 5) is 22.4. The summed E-state index contributed by atoms with van der Waals surface area (Å²) in [5.74, 6) is 0.738. The Balaban J connectivity index is 1.71. The number of thiazole rings is 1. The largest absolute Gasteiger partial charge is 0.307 e. The third kappa shape index (κ3) is 5.14. The van der Waals surface area contributed by atoms with Gasteiger partial charge in [-0.2, -0.15) is 0 Å². The number of aromatic nitrogens is 4. The van der Waals surface area contributed by atoms with Crippen LogP contribution in [0.15, 0.2) is 64.8 Å². The Hall–Kier alpha value is -2.29. The Bertz CT molecular complexity index is 1260. The molecule has 0 aliphatic rings. The van der Waals surface area contributed by atoms with Crippen molar-refractivity contribution in [1.82, 2.24) is 19.1 Å². The molecule has 160 valence electrons. The van der Waals surface area contributed by atoms with E-state index in [9.17, 15) is 4.79 Å². The van der Waals surface area contributed by atoms with E-state index in [4.69, 9.17) is 17.2 Å². The van der Waals surface area contributed by atoms with Crippen molar-refractivity contribution < 1.29 is 0 Å². The highest BCUT2D eigenvalue weighted by Gasteiger charge is 2.17. The lowest BCUT2D eigenvalue weighted by Crippen LogP contribution is -2.23. The number of rotatable bonds is 9. The summed E-state index contributed by atoms with van der Waals surface area (Å²) in [5.41, 5.74) is 3.13. The first-order chi connectivity index (χ1) is 15.2. The molecule has 1 aromatic carbocycles. The van der Waals surface area contributed by atoms with Gasteiger partial charge in [0.25, 0.3) is 5.56 Å². The summed E-state index contributed by atoms with van der Waals surface area (Å²) in [7, 11) is 0. The van der Waals surface area contributed by atoms with Gasteiger partial charge in [-0.3, -0.25) is 14.3 Å². The van der Waals surface area contributed by atoms with Crippen molar-refractivity contribution >= 4 is 45.7 Å². The SMILES string of the molecule is CCCCn1c(SCc2ccncc2)nc2c(sc(=S)n2CCc2ccccc2)c1=O. The van der Waals surface area contributed by atoms with Crippen molar-refractivity contribution in [3.8, 4) is 0 Å². The van der Waals surface area contributed by atoms with Gasteiger partial charge in [-0.05, 0) is 48.3 Å². The van der Waals surface area contributed by atoms with Crippen LogP contribution in [0.2, 0.25) is 0 Å². The fraction of sp³-hybridized carbons (Fsp3) is 0.304. The molecule has 8 heteroatoms. The first-order valence-electron chi connectivity index (χ1n) is 10.4. The van der Waals surface area contributed by atoms with Crippen LogP contribution in [0.1, 0.15) is 30.9 Å². The Labute approximate surface area is 194 Å². The van der Waals surface area contributed by atoms with Crippen molar-refractivity contribution in [2.24, 2.45) is 0 Å². The quantitative estimate of drug-likeness (QED) is 0.179. The Morgan fingerprint density at radius 1 is 1.03 bits per heavy atom. The maximum atomic E-state index is 13.4. The van der Waals surface area contributed by atoms with Gasteiger partial charge in [0.15, 0.2) is 14.8 Å². The molecule has 0 N–H and O–H groups in total. The standard InChI is InChI=1S/C23H24N4OS3/c1-2-3-14-27-21(28)19-20(25-22(27)30-16-18-9-12-24-13-10-18)26(23(29)31-19)15-11-17-7-5-4-6-8-17/h4-10,12-13H,2-3,11,14-16H2,1H3. The zero-order chi connectivity index (χ0) is 21.6. The van der Waals surface area contributed by atoms with Crippen LogP contribution in [0.3, 0.4) is 0 Å². The molecule has 0 radical (unpaired) electrons. The van der Waals surface area contributed by atoms with E-state index >= 15 is 0 Å². The van der Waals surface area contributed by atoms with E-state index in [-0.39, 0.29) is 5.56 Å². The smallest absolute Gasteiger partial charge is 0.273 e. The summed E-state index contributed by atoms with van der Waals surface area (Å²) in [6.07, 6.45) is 6.39. The van der Waals surface area contributed by atoms with Gasteiger partial charge in [-0.1, -0.05) is 66.8 Å². The van der Waals surface area contributed by atoms with Gasteiger partial charge in [-0.15, -0.1) is 0 Å². The molecule has 5 nitrogen and oxygen atoms in total. The predicted octanol–water partition coefficient (Wildman–Crippen LogP) is 5.72. The molecule has 3 aromatic heterocycles. The lowest BCUT2D eigenvalue weighted by atomic mass is 10.1. The van der Waals surface area contributed by atoms with E-state index in [1.165, 1.54) is 16.9 Å². The second-order valence-electron chi connectivity index (χ2n) is 7.26. The molecule has 0 fully saturated rings. The average molecular weight is 469 g/mol. The molecular weight excluding hydrogens is 444 g/mol. The van der Waals surface area contributed by atoms with Crippen molar-refractivity contribution in [1.29, 1.82) is 0 Å². The molecule has 0 aliphatic carbocycles. The molecule has 3 heterocycles. The first-order valence-corrected chi connectivity index (χ1v) is 12.6. The summed E-state index contributed by atoms with van der Waals surface area (Å²) in [5, 5.41) is 0.754. The number of benzene rings is 1. The minimum atomic E-state index is 0.0187. The summed E-state index contributed by atoms with van der Waals surface area (Å²) in [6, 6.07) is 14.3. The van der Waals surface area contributed by atoms with Crippen molar-refractivity contribution in [2.45, 2.75) is 50.2 Å². The number of hydrogen-bond donors (Lipinski definition) is 0. The Morgan fingerprint density at radius 2 is 1.81 bits per heavy atom. The number of unbranched alkanes of at least 4 members (excludes halogenated alkanes) is 1. The summed E-state index contributed by atoms with van der Waals surface area (Å²) >= 11 is 8.59. The van der Waals surface area contributed by atoms with Gasteiger partial charge in [0, 0.05) is 31.2 Å². The van der Waals surface area contributed by atoms with E-state index in [0.29, 0.717) is 27.4 Å². The molecule has 0 spiro atoms. The molecule has 4 rings (SSSR count). The van der Waals surface area contributed by atoms with Crippen LogP contribution in [0.5, 0.6) is 0 Å². The van der Waals surface area contributed by atoms with Crippen LogP contribution in [0, 0.1) is 3.95 Å². The van der Waals surface area contributed by atoms with E-state index in [1.54, 1.807) is 24.2 Å². The highest BCUT2D eigenvalue weighted by atomic mass is 32.2. The van der Waals surface area contributed by atoms with Gasteiger partial charge >= 0.3 is 0 Å². The second-order valence-corrected chi connectivity index (χ2v) is 9.84. The van der Waals surface area contributed by atoms with Crippen molar-refractivity contribution in [2.75, 3.05) is 0 Å². The molecule has 0 amide bonds. The van der Waals surface area contributed by atoms with Crippen LogP contribution in [-0.4, -0.2) is 19.1 Å². The Morgan fingerprint density at radius 3 is 2.55 bits per heavy atom. The van der Waals surface area contributed by atoms with Crippen LogP contribution >= 0.6 is 35.3 Å². The number of thioether (sulfide) groups is 1. The van der Waals surface area contributed by atoms with Crippen LogP contribution in [0.4, 0.5) is 0 Å². The third-order valence-corrected chi connectivity index (χ3v) is 7.53. The number of hydrogen-bond acceptors (Lipinski definition) is 6. The highest BCUT2D eigenvalue weighted by Crippen LogP contribution is 2.25. The van der Waals surface area contributed by atoms with Gasteiger partial charge in [0.2, 0.25) is 0 Å². The van der Waals surface area contributed by atoms with Crippen molar-refractivity contribution in [3.63, 3.8) is 0 Å². The highest BCUT2D eigenvalue weighted by molar-refractivity contribution is 7.98. The van der Waals surface area contributed by atoms with E-state index < -0.39 is 0 Å². The lowest BCUT2D eigenvalue weighted by Gasteiger charge is -2.12. The Kier molecular flexibility index (Phi) is 7.32. The molecular formula is C23H24N4OS3. The molecule has 31 heavy (non-hydrogen) atoms. The first kappa shape index (κ1) is 21.9. The van der Waals surface area contributed by atoms with E-state index in [0.717, 1.165) is 35.7 Å². The molecule has 4 aromatic rings. The van der Waals surface area contributed by atoms with Crippen molar-refractivity contribution in [3.05, 3.63) is 80.3 Å². The topological polar surface area (TPSA) is 52.7 Å². The third-order valence-electron chi connectivity index (χ3n) is 5.06. The summed E-state index contributed by atoms with van der Waals surface area (Å²) < 4.78 is 5.20. The number of aryl methyl sites for hydroxylation is 2. The minimum absolute atomic E-state index is 0.0187. The van der Waals surface area contributed by atoms with Gasteiger partial charge in [-0.25, -0.2) is 4.98 Å². The van der Waals surface area contributed by atoms with E-state index in [1.807, 2.05) is 39.5 Å². The maximum Gasteiger partial charge on any atom is 0.273 e. The summed E-state index contributed by atoms with van der Waals surface area (Å²) in [6.45, 7) is 3.51. The predicted molar refractivity (Wildman–Crippen MR) is 132 cm³/mol. The molecule has 0 bridgehead atoms. The van der Waals surface area contributed by atoms with Gasteiger partial charge < -0.3 is 4.57 Å². The molecule has 0 atom stereocenters. The second kappa shape index (κ2) is 10.3. The van der Waals surface area contributed by atoms with E-state index in [2.05, 4.69) is 24.0 Å². The van der Waals surface area contributed by atoms with Gasteiger partial charge in [0.1, 0.15) is 4.70 Å². The fourth-order valence-electron chi connectivity index (χ4n) is 3.34. The normalized spacial score (nSPS) is 11.3. The number of fused-ring (bicyclic) bond motifs is 1. The number of pyridine rings is 1. The molecule has 0 saturated heterocycles. The fourth-order valence-corrected chi connectivity index (χ4v) is 5.65. The van der Waals surface area contributed by atoms with Crippen LogP contribution in [0.25, 0.3) is 10.3 Å². The monoisotopic (exact) mass is 468 g/mol. The minimum Gasteiger partial charge on any atom is -0.307 e. The number of nitrogens with zero attached hydrogens (tertiary/aromatic N) is 4. The van der Waals surface area contributed by atoms with Crippen LogP contribution < -0.4 is 5.56 Å². The zero-order valence-corrected chi connectivity index (χ0v) is 19.8. The zero-order valence-electron chi connectivity index (χ0n) is 17.4. The maximum absolute atomic E-state index is 13.4. The molecule has 0 saturated carbocycles. The van der Waals surface area contributed by atoms with Gasteiger partial charge in [0.05, 0.1) is 0 Å².